The molecule has 0 saturated carbocycles. The quantitative estimate of drug-likeness (QED) is 0.555. The van der Waals surface area contributed by atoms with Crippen molar-refractivity contribution in [3.8, 4) is 11.8 Å². The number of aromatic amines is 1. The number of aromatic nitrogens is 3. The zero-order valence-corrected chi connectivity index (χ0v) is 15.4. The number of fused-ring (bicyclic) bond motifs is 2. The van der Waals surface area contributed by atoms with Gasteiger partial charge in [0.05, 0.1) is 36.3 Å². The molecule has 0 radical (unpaired) electrons. The van der Waals surface area contributed by atoms with Gasteiger partial charge in [-0.05, 0) is 52.7 Å². The Morgan fingerprint density at radius 3 is 2.96 bits per heavy atom. The van der Waals surface area contributed by atoms with Gasteiger partial charge in [0.2, 0.25) is 0 Å². The first-order valence-electron chi connectivity index (χ1n) is 7.81. The summed E-state index contributed by atoms with van der Waals surface area (Å²) in [6.45, 7) is 2.64. The van der Waals surface area contributed by atoms with Crippen molar-refractivity contribution in [2.75, 3.05) is 7.11 Å². The van der Waals surface area contributed by atoms with E-state index in [1.807, 2.05) is 35.3 Å². The third kappa shape index (κ3) is 2.57. The molecule has 0 aliphatic heterocycles. The van der Waals surface area contributed by atoms with Crippen molar-refractivity contribution in [3.63, 3.8) is 0 Å². The first-order valence-corrected chi connectivity index (χ1v) is 8.60. The number of halogens is 1. The van der Waals surface area contributed by atoms with E-state index in [0.29, 0.717) is 12.1 Å². The van der Waals surface area contributed by atoms with E-state index < -0.39 is 0 Å². The first kappa shape index (κ1) is 15.7. The van der Waals surface area contributed by atoms with Crippen LogP contribution < -0.4 is 4.74 Å². The number of rotatable bonds is 3. The van der Waals surface area contributed by atoms with E-state index in [1.165, 1.54) is 0 Å². The SMILES string of the molecule is COc1cc(C)c2[nH]cc(Br)c2c1Cn1cc2ccc(C#N)cc2n1. The molecule has 0 bridgehead atoms. The zero-order chi connectivity index (χ0) is 17.6. The van der Waals surface area contributed by atoms with Gasteiger partial charge in [-0.3, -0.25) is 4.68 Å². The van der Waals surface area contributed by atoms with Crippen LogP contribution in [0.4, 0.5) is 0 Å². The average Bonchev–Trinajstić information content (AvgIpc) is 3.19. The zero-order valence-electron chi connectivity index (χ0n) is 13.8. The molecule has 6 heteroatoms. The monoisotopic (exact) mass is 394 g/mol. The van der Waals surface area contributed by atoms with Gasteiger partial charge in [-0.1, -0.05) is 0 Å². The van der Waals surface area contributed by atoms with E-state index in [4.69, 9.17) is 10.00 Å². The van der Waals surface area contributed by atoms with Crippen LogP contribution in [0.15, 0.2) is 41.1 Å². The maximum absolute atomic E-state index is 9.05. The lowest BCUT2D eigenvalue weighted by atomic mass is 10.0. The molecular weight excluding hydrogens is 380 g/mol. The Kier molecular flexibility index (Phi) is 3.74. The Labute approximate surface area is 153 Å². The van der Waals surface area contributed by atoms with Crippen molar-refractivity contribution in [2.24, 2.45) is 0 Å². The van der Waals surface area contributed by atoms with Crippen molar-refractivity contribution >= 4 is 37.7 Å². The Hall–Kier alpha value is -2.78. The average molecular weight is 395 g/mol. The molecule has 2 aromatic carbocycles. The second kappa shape index (κ2) is 5.94. The fourth-order valence-corrected chi connectivity index (χ4v) is 3.76. The molecule has 0 atom stereocenters. The first-order chi connectivity index (χ1) is 12.1. The standard InChI is InChI=1S/C19H15BrN4O/c1-11-5-17(25-2)14(18-15(20)8-22-19(11)18)10-24-9-13-4-3-12(7-21)6-16(13)23-24/h3-6,8-9,22H,10H2,1-2H3. The number of nitrogens with one attached hydrogen (secondary N) is 1. The van der Waals surface area contributed by atoms with Gasteiger partial charge in [0.15, 0.2) is 0 Å². The Morgan fingerprint density at radius 1 is 1.36 bits per heavy atom. The summed E-state index contributed by atoms with van der Waals surface area (Å²) >= 11 is 3.63. The summed E-state index contributed by atoms with van der Waals surface area (Å²) in [7, 11) is 1.68. The van der Waals surface area contributed by atoms with E-state index in [0.717, 1.165) is 43.2 Å². The highest BCUT2D eigenvalue weighted by molar-refractivity contribution is 9.10. The van der Waals surface area contributed by atoms with Crippen LogP contribution in [0.1, 0.15) is 16.7 Å². The summed E-state index contributed by atoms with van der Waals surface area (Å²) in [5, 5.41) is 15.8. The lowest BCUT2D eigenvalue weighted by Gasteiger charge is -2.12. The molecule has 0 spiro atoms. The summed E-state index contributed by atoms with van der Waals surface area (Å²) in [4.78, 5) is 3.31. The topological polar surface area (TPSA) is 66.6 Å². The molecule has 0 aliphatic carbocycles. The van der Waals surface area contributed by atoms with Gasteiger partial charge >= 0.3 is 0 Å². The number of nitriles is 1. The van der Waals surface area contributed by atoms with Crippen molar-refractivity contribution in [2.45, 2.75) is 13.5 Å². The van der Waals surface area contributed by atoms with Crippen LogP contribution in [0, 0.1) is 18.3 Å². The molecule has 2 heterocycles. The molecule has 25 heavy (non-hydrogen) atoms. The normalized spacial score (nSPS) is 11.1. The Balaban J connectivity index is 1.87. The highest BCUT2D eigenvalue weighted by Gasteiger charge is 2.16. The third-order valence-corrected chi connectivity index (χ3v) is 5.02. The van der Waals surface area contributed by atoms with Gasteiger partial charge < -0.3 is 9.72 Å². The number of ether oxygens (including phenoxy) is 1. The maximum Gasteiger partial charge on any atom is 0.124 e. The van der Waals surface area contributed by atoms with Crippen LogP contribution in [0.3, 0.4) is 0 Å². The lowest BCUT2D eigenvalue weighted by molar-refractivity contribution is 0.408. The predicted molar refractivity (Wildman–Crippen MR) is 101 cm³/mol. The molecule has 0 aliphatic rings. The van der Waals surface area contributed by atoms with Gasteiger partial charge in [-0.2, -0.15) is 10.4 Å². The van der Waals surface area contributed by atoms with Gasteiger partial charge in [0.25, 0.3) is 0 Å². The van der Waals surface area contributed by atoms with Crippen molar-refractivity contribution in [1.29, 1.82) is 5.26 Å². The molecule has 0 unspecified atom stereocenters. The molecule has 5 nitrogen and oxygen atoms in total. The van der Waals surface area contributed by atoms with Crippen molar-refractivity contribution in [1.82, 2.24) is 14.8 Å². The molecule has 0 amide bonds. The minimum atomic E-state index is 0.576. The molecule has 0 saturated heterocycles. The van der Waals surface area contributed by atoms with E-state index in [1.54, 1.807) is 13.2 Å². The molecule has 1 N–H and O–H groups in total. The van der Waals surface area contributed by atoms with Crippen LogP contribution in [0.25, 0.3) is 21.8 Å². The van der Waals surface area contributed by atoms with Gasteiger partial charge in [-0.25, -0.2) is 0 Å². The van der Waals surface area contributed by atoms with E-state index in [9.17, 15) is 0 Å². The van der Waals surface area contributed by atoms with Crippen LogP contribution in [0.5, 0.6) is 5.75 Å². The molecule has 4 aromatic rings. The second-order valence-electron chi connectivity index (χ2n) is 5.97. The van der Waals surface area contributed by atoms with Crippen LogP contribution in [-0.4, -0.2) is 21.9 Å². The van der Waals surface area contributed by atoms with Gasteiger partial charge in [-0.15, -0.1) is 0 Å². The number of aryl methyl sites for hydroxylation is 1. The Morgan fingerprint density at radius 2 is 2.20 bits per heavy atom. The number of hydrogen-bond acceptors (Lipinski definition) is 3. The van der Waals surface area contributed by atoms with Gasteiger partial charge in [0, 0.05) is 33.2 Å². The maximum atomic E-state index is 9.05. The van der Waals surface area contributed by atoms with Crippen molar-refractivity contribution in [3.05, 3.63) is 57.8 Å². The number of H-pyrrole nitrogens is 1. The van der Waals surface area contributed by atoms with Crippen LogP contribution in [-0.2, 0) is 6.54 Å². The molecule has 0 fully saturated rings. The van der Waals surface area contributed by atoms with E-state index in [-0.39, 0.29) is 0 Å². The smallest absolute Gasteiger partial charge is 0.124 e. The van der Waals surface area contributed by atoms with Gasteiger partial charge in [0.1, 0.15) is 5.75 Å². The molecule has 2 aromatic heterocycles. The molecular formula is C19H15BrN4O. The minimum absolute atomic E-state index is 0.576. The Bertz CT molecular complexity index is 1150. The summed E-state index contributed by atoms with van der Waals surface area (Å²) in [5.74, 6) is 0.836. The number of hydrogen-bond donors (Lipinski definition) is 1. The number of methoxy groups -OCH3 is 1. The van der Waals surface area contributed by atoms with E-state index in [2.05, 4.69) is 39.0 Å². The van der Waals surface area contributed by atoms with Crippen LogP contribution >= 0.6 is 15.9 Å². The highest BCUT2D eigenvalue weighted by Crippen LogP contribution is 2.36. The number of nitrogens with zero attached hydrogens (tertiary/aromatic N) is 3. The second-order valence-corrected chi connectivity index (χ2v) is 6.83. The third-order valence-electron chi connectivity index (χ3n) is 4.40. The summed E-state index contributed by atoms with van der Waals surface area (Å²) in [5.41, 5.74) is 4.71. The predicted octanol–water partition coefficient (Wildman–Crippen LogP) is 4.52. The largest absolute Gasteiger partial charge is 0.496 e. The highest BCUT2D eigenvalue weighted by atomic mass is 79.9. The summed E-state index contributed by atoms with van der Waals surface area (Å²) in [6, 6.07) is 9.73. The van der Waals surface area contributed by atoms with E-state index >= 15 is 0 Å². The fourth-order valence-electron chi connectivity index (χ4n) is 3.20. The van der Waals surface area contributed by atoms with Crippen molar-refractivity contribution < 1.29 is 4.74 Å². The summed E-state index contributed by atoms with van der Waals surface area (Å²) < 4.78 is 8.51. The number of benzene rings is 2. The van der Waals surface area contributed by atoms with Crippen LogP contribution in [0.2, 0.25) is 0 Å². The lowest BCUT2D eigenvalue weighted by Crippen LogP contribution is -2.03. The molecule has 124 valence electrons. The fraction of sp³-hybridized carbons (Fsp3) is 0.158. The summed E-state index contributed by atoms with van der Waals surface area (Å²) in [6.07, 6.45) is 3.93. The molecule has 4 rings (SSSR count). The minimum Gasteiger partial charge on any atom is -0.496 e.